The van der Waals surface area contributed by atoms with Gasteiger partial charge in [-0.15, -0.1) is 0 Å². The summed E-state index contributed by atoms with van der Waals surface area (Å²) in [5.41, 5.74) is -0.711. The molecule has 2 unspecified atom stereocenters. The van der Waals surface area contributed by atoms with Crippen LogP contribution in [0, 0.1) is 0 Å². The predicted octanol–water partition coefficient (Wildman–Crippen LogP) is 3.08. The Bertz CT molecular complexity index is 324. The lowest BCUT2D eigenvalue weighted by Gasteiger charge is -2.61. The van der Waals surface area contributed by atoms with Crippen LogP contribution < -0.4 is 0 Å². The molecule has 1 saturated heterocycles. The minimum atomic E-state index is -1.87. The number of rotatable bonds is 4. The molecule has 0 radical (unpaired) electrons. The highest BCUT2D eigenvalue weighted by Crippen LogP contribution is 2.47. The smallest absolute Gasteiger partial charge is 0.172 e. The third kappa shape index (κ3) is 2.63. The van der Waals surface area contributed by atoms with E-state index in [0.717, 1.165) is 6.04 Å². The Labute approximate surface area is 127 Å². The van der Waals surface area contributed by atoms with Crippen LogP contribution in [-0.2, 0) is 4.43 Å². The van der Waals surface area contributed by atoms with Gasteiger partial charge >= 0.3 is 0 Å². The van der Waals surface area contributed by atoms with Crippen molar-refractivity contribution in [3.63, 3.8) is 0 Å². The largest absolute Gasteiger partial charge is 0.410 e. The Morgan fingerprint density at radius 2 is 1.35 bits per heavy atom. The van der Waals surface area contributed by atoms with Gasteiger partial charge in [0.15, 0.2) is 7.83 Å². The van der Waals surface area contributed by atoms with Gasteiger partial charge in [0.05, 0.1) is 19.3 Å². The summed E-state index contributed by atoms with van der Waals surface area (Å²) in [6.45, 7) is 18.5. The maximum atomic E-state index is 10.6. The molecular weight excluding hydrogens is 300 g/mol. The molecule has 2 N–H and O–H groups in total. The van der Waals surface area contributed by atoms with Crippen LogP contribution in [0.3, 0.4) is 0 Å². The molecule has 1 heterocycles. The monoisotopic (exact) mass is 334 g/mol. The van der Waals surface area contributed by atoms with Crippen LogP contribution in [0.4, 0.5) is 0 Å². The van der Waals surface area contributed by atoms with Crippen molar-refractivity contribution in [1.82, 2.24) is 0 Å². The molecule has 0 bridgehead atoms. The van der Waals surface area contributed by atoms with Crippen molar-refractivity contribution in [2.24, 2.45) is 0 Å². The molecule has 2 atom stereocenters. The normalized spacial score (nSPS) is 34.5. The lowest BCUT2D eigenvalue weighted by molar-refractivity contribution is -0.123. The Hall–Kier alpha value is 0.531. The molecule has 0 aromatic rings. The van der Waals surface area contributed by atoms with Gasteiger partial charge in [-0.1, -0.05) is 40.0 Å². The molecule has 0 aromatic carbocycles. The molecule has 6 heteroatoms. The first-order chi connectivity index (χ1) is 8.88. The van der Waals surface area contributed by atoms with Crippen LogP contribution >= 0.6 is 0 Å². The number of hydrogen-bond acceptors (Lipinski definition) is 3. The molecule has 0 amide bonds. The van der Waals surface area contributed by atoms with Crippen molar-refractivity contribution < 1.29 is 14.6 Å². The first-order valence-electron chi connectivity index (χ1n) is 7.94. The Balaban J connectivity index is 3.36. The second-order valence-corrected chi connectivity index (χ2v) is 35.4. The fraction of sp³-hybridized carbons (Fsp3) is 1.00. The predicted molar refractivity (Wildman–Crippen MR) is 93.7 cm³/mol. The van der Waals surface area contributed by atoms with Crippen molar-refractivity contribution in [1.29, 1.82) is 0 Å². The van der Waals surface area contributed by atoms with Crippen molar-refractivity contribution in [2.45, 2.75) is 89.8 Å². The second-order valence-electron chi connectivity index (χ2n) is 8.10. The van der Waals surface area contributed by atoms with E-state index >= 15 is 0 Å². The fourth-order valence-corrected chi connectivity index (χ4v) is 33.6. The zero-order valence-corrected chi connectivity index (χ0v) is 17.6. The van der Waals surface area contributed by atoms with Crippen LogP contribution in [-0.4, -0.2) is 50.6 Å². The topological polar surface area (TPSA) is 49.7 Å². The average Bonchev–Trinajstić information content (AvgIpc) is 2.33. The molecule has 1 rings (SSSR count). The standard InChI is InChI=1S/C14H34O3Si3/c1-9-12(15)14(13(16)10-2)11-18(3,4)20(7,8)19(5,6)17-14/h12-13,15-16H,9-11H2,1-8H3. The molecule has 0 aromatic heterocycles. The summed E-state index contributed by atoms with van der Waals surface area (Å²) in [5, 5.41) is 21.3. The maximum absolute atomic E-state index is 10.6. The number of aliphatic hydroxyl groups is 2. The Morgan fingerprint density at radius 3 is 1.65 bits per heavy atom. The summed E-state index contributed by atoms with van der Waals surface area (Å²) in [5.74, 6) is 0. The average molecular weight is 335 g/mol. The second kappa shape index (κ2) is 5.62. The molecule has 0 saturated carbocycles. The van der Waals surface area contributed by atoms with E-state index in [4.69, 9.17) is 4.43 Å². The molecule has 1 aliphatic heterocycles. The first kappa shape index (κ1) is 18.6. The number of hydrogen-bond donors (Lipinski definition) is 2. The van der Waals surface area contributed by atoms with Crippen LogP contribution in [0.5, 0.6) is 0 Å². The summed E-state index contributed by atoms with van der Waals surface area (Å²) >= 11 is 0. The van der Waals surface area contributed by atoms with Gasteiger partial charge in [-0.2, -0.15) is 0 Å². The molecule has 3 nitrogen and oxygen atoms in total. The van der Waals surface area contributed by atoms with E-state index in [1.165, 1.54) is 0 Å². The lowest BCUT2D eigenvalue weighted by atomic mass is 9.89. The van der Waals surface area contributed by atoms with Gasteiger partial charge in [0, 0.05) is 7.59 Å². The van der Waals surface area contributed by atoms with Crippen molar-refractivity contribution in [3.8, 4) is 0 Å². The maximum Gasteiger partial charge on any atom is 0.172 e. The fourth-order valence-electron chi connectivity index (χ4n) is 3.65. The third-order valence-corrected chi connectivity index (χ3v) is 46.5. The highest BCUT2D eigenvalue weighted by atomic mass is 29.6. The van der Waals surface area contributed by atoms with Gasteiger partial charge in [0.25, 0.3) is 0 Å². The van der Waals surface area contributed by atoms with Crippen molar-refractivity contribution in [3.05, 3.63) is 0 Å². The van der Waals surface area contributed by atoms with E-state index in [-0.39, 0.29) is 0 Å². The molecule has 120 valence electrons. The zero-order chi connectivity index (χ0) is 16.0. The van der Waals surface area contributed by atoms with Gasteiger partial charge in [0.2, 0.25) is 0 Å². The number of aliphatic hydroxyl groups excluding tert-OH is 2. The highest BCUT2D eigenvalue weighted by molar-refractivity contribution is 7.67. The molecule has 0 spiro atoms. The molecule has 1 fully saturated rings. The summed E-state index contributed by atoms with van der Waals surface area (Å²) in [7, 11) is -4.78. The summed E-state index contributed by atoms with van der Waals surface area (Å²) in [6, 6.07) is 0.902. The van der Waals surface area contributed by atoms with Crippen molar-refractivity contribution in [2.75, 3.05) is 0 Å². The van der Waals surface area contributed by atoms with Crippen molar-refractivity contribution >= 4 is 22.5 Å². The van der Waals surface area contributed by atoms with Gasteiger partial charge in [-0.05, 0) is 32.0 Å². The summed E-state index contributed by atoms with van der Waals surface area (Å²) < 4.78 is 6.65. The van der Waals surface area contributed by atoms with E-state index in [9.17, 15) is 10.2 Å². The molecule has 20 heavy (non-hydrogen) atoms. The van der Waals surface area contributed by atoms with Crippen LogP contribution in [0.15, 0.2) is 0 Å². The molecule has 0 aliphatic carbocycles. The molecular formula is C14H34O3Si3. The van der Waals surface area contributed by atoms with Gasteiger partial charge < -0.3 is 14.6 Å². The van der Waals surface area contributed by atoms with E-state index in [2.05, 4.69) is 39.3 Å². The Morgan fingerprint density at radius 1 is 0.950 bits per heavy atom. The quantitative estimate of drug-likeness (QED) is 0.777. The van der Waals surface area contributed by atoms with Crippen LogP contribution in [0.1, 0.15) is 26.7 Å². The lowest BCUT2D eigenvalue weighted by Crippen LogP contribution is -2.81. The minimum Gasteiger partial charge on any atom is -0.410 e. The molecule has 1 aliphatic rings. The summed E-state index contributed by atoms with van der Waals surface area (Å²) in [6.07, 6.45) is 0.185. The first-order valence-corrected chi connectivity index (χ1v) is 19.1. The van der Waals surface area contributed by atoms with Gasteiger partial charge in [-0.25, -0.2) is 0 Å². The van der Waals surface area contributed by atoms with Crippen LogP contribution in [0.2, 0.25) is 45.3 Å². The van der Waals surface area contributed by atoms with Gasteiger partial charge in [-0.3, -0.25) is 0 Å². The highest BCUT2D eigenvalue weighted by Gasteiger charge is 2.65. The van der Waals surface area contributed by atoms with Gasteiger partial charge in [0.1, 0.15) is 5.60 Å². The van der Waals surface area contributed by atoms with E-state index in [1.807, 2.05) is 13.8 Å². The van der Waals surface area contributed by atoms with E-state index in [0.29, 0.717) is 12.8 Å². The van der Waals surface area contributed by atoms with E-state index < -0.39 is 40.3 Å². The minimum absolute atomic E-state index is 0.555. The SMILES string of the molecule is CCC(O)C1(C(O)CC)C[Si](C)(C)[Si](C)(C)[Si](C)(C)O1. The third-order valence-electron chi connectivity index (χ3n) is 6.26. The summed E-state index contributed by atoms with van der Waals surface area (Å²) in [4.78, 5) is 0. The Kier molecular flexibility index (Phi) is 5.23. The van der Waals surface area contributed by atoms with Crippen LogP contribution in [0.25, 0.3) is 0 Å². The zero-order valence-electron chi connectivity index (χ0n) is 14.6. The van der Waals surface area contributed by atoms with E-state index in [1.54, 1.807) is 0 Å².